The summed E-state index contributed by atoms with van der Waals surface area (Å²) < 4.78 is 15.9. The zero-order valence-electron chi connectivity index (χ0n) is 11.6. The monoisotopic (exact) mass is 274 g/mol. The first-order valence-corrected chi connectivity index (χ1v) is 6.89. The minimum absolute atomic E-state index is 0.0375. The van der Waals surface area contributed by atoms with Crippen molar-refractivity contribution in [2.75, 3.05) is 13.1 Å². The molecule has 0 aliphatic carbocycles. The lowest BCUT2D eigenvalue weighted by molar-refractivity contribution is 0.156. The molecular weight excluding hydrogens is 255 g/mol. The Morgan fingerprint density at radius 1 is 1.40 bits per heavy atom. The molecule has 2 N–H and O–H groups in total. The second kappa shape index (κ2) is 5.34. The van der Waals surface area contributed by atoms with E-state index in [0.717, 1.165) is 31.0 Å². The number of nitrogens with zero attached hydrogens (tertiary/aromatic N) is 3. The Bertz CT molecular complexity index is 608. The molecule has 0 spiro atoms. The first-order valence-electron chi connectivity index (χ1n) is 6.89. The van der Waals surface area contributed by atoms with Crippen molar-refractivity contribution in [2.24, 2.45) is 5.73 Å². The number of hydrogen-bond acceptors (Lipinski definition) is 3. The highest BCUT2D eigenvalue weighted by Gasteiger charge is 2.24. The largest absolute Gasteiger partial charge is 0.333 e. The summed E-state index contributed by atoms with van der Waals surface area (Å²) in [6.45, 7) is 4.81. The van der Waals surface area contributed by atoms with E-state index in [1.54, 1.807) is 13.0 Å². The highest BCUT2D eigenvalue weighted by atomic mass is 19.1. The van der Waals surface area contributed by atoms with Crippen molar-refractivity contribution in [3.05, 3.63) is 53.4 Å². The second-order valence-electron chi connectivity index (χ2n) is 5.27. The number of halogens is 1. The van der Waals surface area contributed by atoms with E-state index >= 15 is 0 Å². The van der Waals surface area contributed by atoms with Crippen LogP contribution in [0.5, 0.6) is 0 Å². The normalized spacial score (nSPS) is 16.9. The molecule has 1 aromatic heterocycles. The minimum Gasteiger partial charge on any atom is -0.333 e. The molecule has 0 radical (unpaired) electrons. The molecular formula is C15H19FN4. The smallest absolute Gasteiger partial charge is 0.126 e. The van der Waals surface area contributed by atoms with Crippen molar-refractivity contribution in [1.82, 2.24) is 14.5 Å². The molecule has 1 aliphatic rings. The number of aryl methyl sites for hydroxylation is 1. The molecule has 1 unspecified atom stereocenters. The van der Waals surface area contributed by atoms with Gasteiger partial charge in [-0.15, -0.1) is 0 Å². The van der Waals surface area contributed by atoms with Crippen LogP contribution in [0.1, 0.15) is 23.0 Å². The number of hydrogen-bond donors (Lipinski definition) is 1. The topological polar surface area (TPSA) is 47.1 Å². The third-order valence-electron chi connectivity index (χ3n) is 4.02. The summed E-state index contributed by atoms with van der Waals surface area (Å²) in [7, 11) is 0. The Morgan fingerprint density at radius 2 is 2.25 bits per heavy atom. The zero-order valence-corrected chi connectivity index (χ0v) is 11.6. The maximum Gasteiger partial charge on any atom is 0.126 e. The fraction of sp³-hybridized carbons (Fsp3) is 0.400. The number of rotatable bonds is 3. The molecule has 0 saturated heterocycles. The van der Waals surface area contributed by atoms with Crippen molar-refractivity contribution in [3.8, 4) is 0 Å². The van der Waals surface area contributed by atoms with Crippen molar-refractivity contribution in [3.63, 3.8) is 0 Å². The third-order valence-corrected chi connectivity index (χ3v) is 4.02. The summed E-state index contributed by atoms with van der Waals surface area (Å²) in [5.41, 5.74) is 7.53. The molecule has 2 aromatic rings. The highest BCUT2D eigenvalue weighted by Crippen LogP contribution is 2.25. The van der Waals surface area contributed by atoms with Gasteiger partial charge in [0, 0.05) is 38.1 Å². The average molecular weight is 274 g/mol. The molecule has 1 aromatic carbocycles. The summed E-state index contributed by atoms with van der Waals surface area (Å²) in [6, 6.07) is 5.43. The number of aromatic nitrogens is 2. The second-order valence-corrected chi connectivity index (χ2v) is 5.27. The first kappa shape index (κ1) is 13.3. The lowest BCUT2D eigenvalue weighted by atomic mass is 10.0. The van der Waals surface area contributed by atoms with Gasteiger partial charge in [0.1, 0.15) is 11.6 Å². The number of imidazole rings is 1. The summed E-state index contributed by atoms with van der Waals surface area (Å²) in [4.78, 5) is 6.63. The van der Waals surface area contributed by atoms with E-state index in [1.807, 2.05) is 24.5 Å². The molecule has 0 saturated carbocycles. The molecule has 1 aliphatic heterocycles. The van der Waals surface area contributed by atoms with Crippen molar-refractivity contribution in [2.45, 2.75) is 26.1 Å². The molecule has 3 rings (SSSR count). The van der Waals surface area contributed by atoms with Crippen LogP contribution in [0.2, 0.25) is 0 Å². The standard InChI is InChI=1S/C15H19FN4/c1-11-2-3-12(8-13(11)16)14(9-17)20-7-6-19-5-4-18-15(19)10-20/h2-5,8,14H,6-7,9-10,17H2,1H3. The maximum atomic E-state index is 13.8. The van der Waals surface area contributed by atoms with Crippen LogP contribution in [-0.4, -0.2) is 27.5 Å². The average Bonchev–Trinajstić information content (AvgIpc) is 2.91. The lowest BCUT2D eigenvalue weighted by Crippen LogP contribution is -2.39. The fourth-order valence-corrected chi connectivity index (χ4v) is 2.77. The van der Waals surface area contributed by atoms with E-state index in [4.69, 9.17) is 5.73 Å². The molecule has 20 heavy (non-hydrogen) atoms. The molecule has 5 heteroatoms. The Labute approximate surface area is 118 Å². The van der Waals surface area contributed by atoms with Crippen LogP contribution >= 0.6 is 0 Å². The van der Waals surface area contributed by atoms with Crippen molar-refractivity contribution >= 4 is 0 Å². The van der Waals surface area contributed by atoms with Crippen molar-refractivity contribution < 1.29 is 4.39 Å². The molecule has 0 fully saturated rings. The van der Waals surface area contributed by atoms with Gasteiger partial charge in [0.2, 0.25) is 0 Å². The van der Waals surface area contributed by atoms with Crippen LogP contribution in [0, 0.1) is 12.7 Å². The van der Waals surface area contributed by atoms with Gasteiger partial charge in [-0.25, -0.2) is 9.37 Å². The fourth-order valence-electron chi connectivity index (χ4n) is 2.77. The van der Waals surface area contributed by atoms with Gasteiger partial charge in [0.25, 0.3) is 0 Å². The first-order chi connectivity index (χ1) is 9.69. The molecule has 2 heterocycles. The van der Waals surface area contributed by atoms with Crippen molar-refractivity contribution in [1.29, 1.82) is 0 Å². The zero-order chi connectivity index (χ0) is 14.1. The van der Waals surface area contributed by atoms with Crippen LogP contribution < -0.4 is 5.73 Å². The van der Waals surface area contributed by atoms with E-state index in [9.17, 15) is 4.39 Å². The van der Waals surface area contributed by atoms with Gasteiger partial charge in [-0.05, 0) is 24.1 Å². The van der Waals surface area contributed by atoms with Gasteiger partial charge in [-0.1, -0.05) is 12.1 Å². The molecule has 0 bridgehead atoms. The highest BCUT2D eigenvalue weighted by molar-refractivity contribution is 5.26. The third kappa shape index (κ3) is 2.34. The van der Waals surface area contributed by atoms with Crippen LogP contribution in [0.3, 0.4) is 0 Å². The van der Waals surface area contributed by atoms with Crippen LogP contribution in [-0.2, 0) is 13.1 Å². The minimum atomic E-state index is -0.167. The van der Waals surface area contributed by atoms with Gasteiger partial charge in [0.15, 0.2) is 0 Å². The van der Waals surface area contributed by atoms with Crippen LogP contribution in [0.4, 0.5) is 4.39 Å². The van der Waals surface area contributed by atoms with Gasteiger partial charge < -0.3 is 10.3 Å². The van der Waals surface area contributed by atoms with E-state index in [0.29, 0.717) is 12.1 Å². The van der Waals surface area contributed by atoms with E-state index in [-0.39, 0.29) is 11.9 Å². The van der Waals surface area contributed by atoms with Gasteiger partial charge in [-0.3, -0.25) is 4.90 Å². The van der Waals surface area contributed by atoms with Gasteiger partial charge in [0.05, 0.1) is 6.54 Å². The summed E-state index contributed by atoms with van der Waals surface area (Å²) in [6.07, 6.45) is 3.82. The predicted octanol–water partition coefficient (Wildman–Crippen LogP) is 1.85. The summed E-state index contributed by atoms with van der Waals surface area (Å²) in [5.74, 6) is 0.877. The SMILES string of the molecule is Cc1ccc(C(CN)N2CCn3ccnc3C2)cc1F. The Morgan fingerprint density at radius 3 is 3.00 bits per heavy atom. The summed E-state index contributed by atoms with van der Waals surface area (Å²) in [5, 5.41) is 0. The predicted molar refractivity (Wildman–Crippen MR) is 75.6 cm³/mol. The van der Waals surface area contributed by atoms with Crippen LogP contribution in [0.25, 0.3) is 0 Å². The van der Waals surface area contributed by atoms with E-state index in [2.05, 4.69) is 14.5 Å². The lowest BCUT2D eigenvalue weighted by Gasteiger charge is -2.34. The van der Waals surface area contributed by atoms with E-state index in [1.165, 1.54) is 0 Å². The molecule has 0 amide bonds. The number of fused-ring (bicyclic) bond motifs is 1. The van der Waals surface area contributed by atoms with Gasteiger partial charge in [-0.2, -0.15) is 0 Å². The Hall–Kier alpha value is -1.72. The molecule has 4 nitrogen and oxygen atoms in total. The Kier molecular flexibility index (Phi) is 3.54. The Balaban J connectivity index is 1.85. The number of benzene rings is 1. The maximum absolute atomic E-state index is 13.8. The summed E-state index contributed by atoms with van der Waals surface area (Å²) >= 11 is 0. The number of nitrogens with two attached hydrogens (primary N) is 1. The molecule has 106 valence electrons. The van der Waals surface area contributed by atoms with Crippen LogP contribution in [0.15, 0.2) is 30.6 Å². The van der Waals surface area contributed by atoms with E-state index < -0.39 is 0 Å². The molecule has 1 atom stereocenters. The van der Waals surface area contributed by atoms with Gasteiger partial charge >= 0.3 is 0 Å². The quantitative estimate of drug-likeness (QED) is 0.929.